The van der Waals surface area contributed by atoms with Crippen LogP contribution in [0, 0.1) is 5.92 Å². The summed E-state index contributed by atoms with van der Waals surface area (Å²) in [5, 5.41) is 8.56. The van der Waals surface area contributed by atoms with Gasteiger partial charge in [0.15, 0.2) is 5.92 Å². The smallest absolute Gasteiger partial charge is 0.400 e. The van der Waals surface area contributed by atoms with Crippen LogP contribution in [0.3, 0.4) is 0 Å². The van der Waals surface area contributed by atoms with Gasteiger partial charge in [-0.1, -0.05) is 12.1 Å². The number of carboxylic acid groups (broad SMARTS) is 1. The molecule has 0 aliphatic heterocycles. The van der Waals surface area contributed by atoms with Crippen LogP contribution in [0.15, 0.2) is 24.3 Å². The van der Waals surface area contributed by atoms with E-state index in [-0.39, 0.29) is 11.1 Å². The van der Waals surface area contributed by atoms with Crippen molar-refractivity contribution in [1.29, 1.82) is 0 Å². The highest BCUT2D eigenvalue weighted by Crippen LogP contribution is 2.41. The van der Waals surface area contributed by atoms with Crippen LogP contribution in [0.1, 0.15) is 15.9 Å². The molecule has 0 aliphatic carbocycles. The van der Waals surface area contributed by atoms with E-state index in [0.717, 1.165) is 24.3 Å². The Morgan fingerprint density at radius 3 is 1.74 bits per heavy atom. The minimum atomic E-state index is -5.40. The first-order valence-corrected chi connectivity index (χ1v) is 4.97. The Kier molecular flexibility index (Phi) is 4.12. The fourth-order valence-corrected chi connectivity index (χ4v) is 1.44. The molecule has 0 aromatic heterocycles. The lowest BCUT2D eigenvalue weighted by Crippen LogP contribution is -2.38. The van der Waals surface area contributed by atoms with Crippen LogP contribution >= 0.6 is 0 Å². The van der Waals surface area contributed by atoms with E-state index in [1.807, 2.05) is 0 Å². The normalized spacial score (nSPS) is 12.8. The monoisotopic (exact) mass is 286 g/mol. The third kappa shape index (κ3) is 4.15. The number of halogens is 6. The maximum atomic E-state index is 12.3. The predicted octanol–water partition coefficient (Wildman–Crippen LogP) is 3.67. The summed E-state index contributed by atoms with van der Waals surface area (Å²) >= 11 is 0. The van der Waals surface area contributed by atoms with Gasteiger partial charge in [-0.3, -0.25) is 0 Å². The fourth-order valence-electron chi connectivity index (χ4n) is 1.44. The molecule has 0 spiro atoms. The quantitative estimate of drug-likeness (QED) is 0.861. The van der Waals surface area contributed by atoms with Crippen molar-refractivity contribution >= 4 is 5.97 Å². The molecule has 0 heterocycles. The van der Waals surface area contributed by atoms with Crippen molar-refractivity contribution in [1.82, 2.24) is 0 Å². The Bertz CT molecular complexity index is 432. The molecule has 0 aliphatic rings. The molecule has 0 amide bonds. The Morgan fingerprint density at radius 1 is 1.00 bits per heavy atom. The molecular formula is C11H8F6O2. The molecule has 2 nitrogen and oxygen atoms in total. The molecule has 1 rings (SSSR count). The van der Waals surface area contributed by atoms with Crippen molar-refractivity contribution in [3.05, 3.63) is 35.4 Å². The summed E-state index contributed by atoms with van der Waals surface area (Å²) in [6.45, 7) is 0. The summed E-state index contributed by atoms with van der Waals surface area (Å²) in [5.74, 6) is -4.77. The molecule has 8 heteroatoms. The SMILES string of the molecule is O=C(O)c1ccc(CC(C(F)(F)F)C(F)(F)F)cc1. The third-order valence-corrected chi connectivity index (χ3v) is 2.43. The van der Waals surface area contributed by atoms with Crippen LogP contribution in [0.25, 0.3) is 0 Å². The summed E-state index contributed by atoms with van der Waals surface area (Å²) < 4.78 is 73.8. The standard InChI is InChI=1S/C11H8F6O2/c12-10(13,14)8(11(15,16)17)5-6-1-3-7(4-2-6)9(18)19/h1-4,8H,5H2,(H,18,19). The van der Waals surface area contributed by atoms with Crippen molar-refractivity contribution in [2.75, 3.05) is 0 Å². The summed E-state index contributed by atoms with van der Waals surface area (Å²) in [7, 11) is 0. The van der Waals surface area contributed by atoms with Gasteiger partial charge < -0.3 is 5.11 Å². The Labute approximate surface area is 103 Å². The molecule has 1 N–H and O–H groups in total. The molecule has 0 saturated heterocycles. The van der Waals surface area contributed by atoms with E-state index in [0.29, 0.717) is 0 Å². The number of carbonyl (C=O) groups is 1. The van der Waals surface area contributed by atoms with Crippen LogP contribution in [0.2, 0.25) is 0 Å². The van der Waals surface area contributed by atoms with Crippen molar-refractivity contribution < 1.29 is 36.2 Å². The highest BCUT2D eigenvalue weighted by molar-refractivity contribution is 5.87. The molecule has 0 saturated carbocycles. The average Bonchev–Trinajstić information content (AvgIpc) is 2.23. The summed E-state index contributed by atoms with van der Waals surface area (Å²) in [5.41, 5.74) is -0.441. The molecule has 1 aromatic carbocycles. The van der Waals surface area contributed by atoms with Gasteiger partial charge in [0, 0.05) is 0 Å². The van der Waals surface area contributed by atoms with E-state index >= 15 is 0 Å². The molecule has 0 fully saturated rings. The minimum Gasteiger partial charge on any atom is -0.478 e. The topological polar surface area (TPSA) is 37.3 Å². The van der Waals surface area contributed by atoms with Gasteiger partial charge >= 0.3 is 18.3 Å². The Morgan fingerprint density at radius 2 is 1.42 bits per heavy atom. The van der Waals surface area contributed by atoms with Crippen molar-refractivity contribution in [3.8, 4) is 0 Å². The van der Waals surface area contributed by atoms with Gasteiger partial charge in [0.1, 0.15) is 0 Å². The molecule has 106 valence electrons. The highest BCUT2D eigenvalue weighted by atomic mass is 19.4. The second-order valence-corrected chi connectivity index (χ2v) is 3.84. The Hall–Kier alpha value is -1.73. The van der Waals surface area contributed by atoms with Crippen LogP contribution in [-0.4, -0.2) is 23.4 Å². The molecule has 1 aromatic rings. The zero-order valence-corrected chi connectivity index (χ0v) is 9.22. The number of hydrogen-bond donors (Lipinski definition) is 1. The molecule has 0 radical (unpaired) electrons. The number of aromatic carboxylic acids is 1. The Balaban J connectivity index is 2.95. The van der Waals surface area contributed by atoms with Crippen molar-refractivity contribution in [2.45, 2.75) is 18.8 Å². The predicted molar refractivity (Wildman–Crippen MR) is 52.7 cm³/mol. The number of benzene rings is 1. The zero-order valence-electron chi connectivity index (χ0n) is 9.22. The summed E-state index contributed by atoms with van der Waals surface area (Å²) in [6.07, 6.45) is -12.1. The van der Waals surface area contributed by atoms with E-state index in [1.54, 1.807) is 0 Å². The van der Waals surface area contributed by atoms with Crippen LogP contribution in [0.5, 0.6) is 0 Å². The number of carboxylic acids is 1. The number of alkyl halides is 6. The molecular weight excluding hydrogens is 278 g/mol. The number of hydrogen-bond acceptors (Lipinski definition) is 1. The third-order valence-electron chi connectivity index (χ3n) is 2.43. The maximum Gasteiger partial charge on any atom is 0.400 e. The van der Waals surface area contributed by atoms with Gasteiger partial charge in [-0.25, -0.2) is 4.79 Å². The maximum absolute atomic E-state index is 12.3. The van der Waals surface area contributed by atoms with Crippen LogP contribution < -0.4 is 0 Å². The highest BCUT2D eigenvalue weighted by Gasteiger charge is 2.56. The van der Waals surface area contributed by atoms with Crippen molar-refractivity contribution in [2.24, 2.45) is 5.92 Å². The average molecular weight is 286 g/mol. The first-order chi connectivity index (χ1) is 8.51. The first-order valence-electron chi connectivity index (χ1n) is 4.97. The van der Waals surface area contributed by atoms with Gasteiger partial charge in [0.25, 0.3) is 0 Å². The van der Waals surface area contributed by atoms with E-state index in [1.165, 1.54) is 0 Å². The molecule has 19 heavy (non-hydrogen) atoms. The van der Waals surface area contributed by atoms with Crippen LogP contribution in [-0.2, 0) is 6.42 Å². The van der Waals surface area contributed by atoms with Gasteiger partial charge in [-0.05, 0) is 24.1 Å². The largest absolute Gasteiger partial charge is 0.478 e. The fraction of sp³-hybridized carbons (Fsp3) is 0.364. The zero-order chi connectivity index (χ0) is 14.8. The van der Waals surface area contributed by atoms with Crippen molar-refractivity contribution in [3.63, 3.8) is 0 Å². The lowest BCUT2D eigenvalue weighted by atomic mass is 9.97. The van der Waals surface area contributed by atoms with E-state index in [2.05, 4.69) is 0 Å². The lowest BCUT2D eigenvalue weighted by molar-refractivity contribution is -0.283. The second kappa shape index (κ2) is 5.10. The molecule has 0 bridgehead atoms. The first kappa shape index (κ1) is 15.3. The minimum absolute atomic E-state index is 0.209. The number of rotatable bonds is 3. The van der Waals surface area contributed by atoms with Gasteiger partial charge in [0.2, 0.25) is 0 Å². The molecule has 0 unspecified atom stereocenters. The summed E-state index contributed by atoms with van der Waals surface area (Å²) in [6, 6.07) is 3.80. The molecule has 0 atom stereocenters. The van der Waals surface area contributed by atoms with E-state index in [4.69, 9.17) is 5.11 Å². The van der Waals surface area contributed by atoms with Gasteiger partial charge in [-0.2, -0.15) is 26.3 Å². The van der Waals surface area contributed by atoms with Gasteiger partial charge in [-0.15, -0.1) is 0 Å². The van der Waals surface area contributed by atoms with E-state index in [9.17, 15) is 31.1 Å². The second-order valence-electron chi connectivity index (χ2n) is 3.84. The lowest BCUT2D eigenvalue weighted by Gasteiger charge is -2.22. The van der Waals surface area contributed by atoms with E-state index < -0.39 is 30.7 Å². The van der Waals surface area contributed by atoms with Gasteiger partial charge in [0.05, 0.1) is 5.56 Å². The van der Waals surface area contributed by atoms with Crippen LogP contribution in [0.4, 0.5) is 26.3 Å². The summed E-state index contributed by atoms with van der Waals surface area (Å²) in [4.78, 5) is 10.5.